The Kier molecular flexibility index (Phi) is 3.61. The highest BCUT2D eigenvalue weighted by atomic mass is 16.2. The first-order valence-corrected chi connectivity index (χ1v) is 8.22. The summed E-state index contributed by atoms with van der Waals surface area (Å²) in [5, 5.41) is 7.66. The first kappa shape index (κ1) is 14.4. The molecule has 0 saturated carbocycles. The van der Waals surface area contributed by atoms with Crippen molar-refractivity contribution in [3.63, 3.8) is 0 Å². The molecule has 6 nitrogen and oxygen atoms in total. The topological polar surface area (TPSA) is 63.1 Å². The molecule has 0 atom stereocenters. The number of pyridine rings is 1. The lowest BCUT2D eigenvalue weighted by Crippen LogP contribution is -2.44. The van der Waals surface area contributed by atoms with Crippen LogP contribution in [0.25, 0.3) is 5.69 Å². The van der Waals surface area contributed by atoms with Gasteiger partial charge in [0.2, 0.25) is 0 Å². The SMILES string of the molecule is O=C(c1cc(-n2cccn2)ccn1)N1CCC2(CCNC2)CC1. The molecule has 0 aliphatic carbocycles. The van der Waals surface area contributed by atoms with Crippen LogP contribution in [0.4, 0.5) is 0 Å². The van der Waals surface area contributed by atoms with E-state index in [-0.39, 0.29) is 5.91 Å². The number of likely N-dealkylation sites (tertiary alicyclic amines) is 1. The van der Waals surface area contributed by atoms with Crippen molar-refractivity contribution in [3.05, 3.63) is 42.5 Å². The molecule has 0 aromatic carbocycles. The molecule has 4 heterocycles. The summed E-state index contributed by atoms with van der Waals surface area (Å²) in [5.41, 5.74) is 1.78. The van der Waals surface area contributed by atoms with Gasteiger partial charge in [-0.1, -0.05) is 0 Å². The van der Waals surface area contributed by atoms with Gasteiger partial charge in [0.15, 0.2) is 0 Å². The zero-order chi connectivity index (χ0) is 15.7. The third-order valence-corrected chi connectivity index (χ3v) is 5.18. The Labute approximate surface area is 135 Å². The lowest BCUT2D eigenvalue weighted by molar-refractivity contribution is 0.0602. The van der Waals surface area contributed by atoms with Gasteiger partial charge in [0.1, 0.15) is 5.69 Å². The number of aromatic nitrogens is 3. The number of rotatable bonds is 2. The monoisotopic (exact) mass is 311 g/mol. The van der Waals surface area contributed by atoms with E-state index in [0.717, 1.165) is 44.7 Å². The Balaban J connectivity index is 1.48. The second-order valence-electron chi connectivity index (χ2n) is 6.57. The van der Waals surface area contributed by atoms with E-state index in [2.05, 4.69) is 15.4 Å². The van der Waals surface area contributed by atoms with Crippen molar-refractivity contribution in [3.8, 4) is 5.69 Å². The number of nitrogens with zero attached hydrogens (tertiary/aromatic N) is 4. The van der Waals surface area contributed by atoms with Gasteiger partial charge in [0.25, 0.3) is 5.91 Å². The molecule has 6 heteroatoms. The molecule has 120 valence electrons. The van der Waals surface area contributed by atoms with Crippen LogP contribution >= 0.6 is 0 Å². The number of hydrogen-bond acceptors (Lipinski definition) is 4. The van der Waals surface area contributed by atoms with Crippen molar-refractivity contribution in [1.29, 1.82) is 0 Å². The molecule has 2 aromatic rings. The standard InChI is InChI=1S/C17H21N5O/c23-16(21-10-4-17(5-11-21)3-8-18-13-17)15-12-14(2-7-19-15)22-9-1-6-20-22/h1-2,6-7,9,12,18H,3-5,8,10-11,13H2. The smallest absolute Gasteiger partial charge is 0.272 e. The summed E-state index contributed by atoms with van der Waals surface area (Å²) < 4.78 is 1.74. The maximum absolute atomic E-state index is 12.7. The van der Waals surface area contributed by atoms with Crippen LogP contribution in [0.2, 0.25) is 0 Å². The molecule has 4 rings (SSSR count). The Morgan fingerprint density at radius 2 is 2.09 bits per heavy atom. The lowest BCUT2D eigenvalue weighted by atomic mass is 9.78. The minimum atomic E-state index is 0.0276. The van der Waals surface area contributed by atoms with Gasteiger partial charge in [-0.3, -0.25) is 9.78 Å². The molecule has 0 unspecified atom stereocenters. The first-order valence-electron chi connectivity index (χ1n) is 8.22. The van der Waals surface area contributed by atoms with E-state index in [1.807, 2.05) is 29.3 Å². The molecule has 2 saturated heterocycles. The van der Waals surface area contributed by atoms with Gasteiger partial charge in [-0.15, -0.1) is 0 Å². The van der Waals surface area contributed by atoms with Crippen LogP contribution in [0.5, 0.6) is 0 Å². The summed E-state index contributed by atoms with van der Waals surface area (Å²) in [6.45, 7) is 3.87. The van der Waals surface area contributed by atoms with Gasteiger partial charge in [-0.05, 0) is 49.4 Å². The van der Waals surface area contributed by atoms with Gasteiger partial charge in [0, 0.05) is 38.2 Å². The number of piperidine rings is 1. The molecule has 1 amide bonds. The van der Waals surface area contributed by atoms with Gasteiger partial charge < -0.3 is 10.2 Å². The zero-order valence-electron chi connectivity index (χ0n) is 13.1. The summed E-state index contributed by atoms with van der Waals surface area (Å²) in [7, 11) is 0. The van der Waals surface area contributed by atoms with Crippen LogP contribution in [0.3, 0.4) is 0 Å². The van der Waals surface area contributed by atoms with Crippen LogP contribution in [-0.2, 0) is 0 Å². The molecule has 2 aliphatic rings. The first-order chi connectivity index (χ1) is 11.3. The van der Waals surface area contributed by atoms with Crippen LogP contribution in [-0.4, -0.2) is 51.8 Å². The number of carbonyl (C=O) groups excluding carboxylic acids is 1. The Morgan fingerprint density at radius 3 is 2.78 bits per heavy atom. The second kappa shape index (κ2) is 5.77. The fraction of sp³-hybridized carbons (Fsp3) is 0.471. The second-order valence-corrected chi connectivity index (χ2v) is 6.57. The Morgan fingerprint density at radius 1 is 1.22 bits per heavy atom. The average molecular weight is 311 g/mol. The minimum Gasteiger partial charge on any atom is -0.337 e. The normalized spacial score (nSPS) is 20.1. The summed E-state index contributed by atoms with van der Waals surface area (Å²) in [4.78, 5) is 19.0. The summed E-state index contributed by atoms with van der Waals surface area (Å²) >= 11 is 0. The van der Waals surface area contributed by atoms with Gasteiger partial charge in [0.05, 0.1) is 5.69 Å². The fourth-order valence-corrected chi connectivity index (χ4v) is 3.67. The number of amides is 1. The maximum Gasteiger partial charge on any atom is 0.272 e. The molecule has 0 radical (unpaired) electrons. The van der Waals surface area contributed by atoms with Crippen molar-refractivity contribution in [2.75, 3.05) is 26.2 Å². The Hall–Kier alpha value is -2.21. The van der Waals surface area contributed by atoms with E-state index >= 15 is 0 Å². The van der Waals surface area contributed by atoms with Crippen LogP contribution in [0, 0.1) is 5.41 Å². The van der Waals surface area contributed by atoms with Crippen molar-refractivity contribution in [2.45, 2.75) is 19.3 Å². The number of hydrogen-bond donors (Lipinski definition) is 1. The van der Waals surface area contributed by atoms with Gasteiger partial charge in [-0.2, -0.15) is 5.10 Å². The van der Waals surface area contributed by atoms with Crippen molar-refractivity contribution in [2.24, 2.45) is 5.41 Å². The fourth-order valence-electron chi connectivity index (χ4n) is 3.67. The average Bonchev–Trinajstić information content (AvgIpc) is 3.28. The number of carbonyl (C=O) groups is 1. The third-order valence-electron chi connectivity index (χ3n) is 5.18. The largest absolute Gasteiger partial charge is 0.337 e. The quantitative estimate of drug-likeness (QED) is 0.912. The van der Waals surface area contributed by atoms with Crippen LogP contribution < -0.4 is 5.32 Å². The highest BCUT2D eigenvalue weighted by Gasteiger charge is 2.38. The molecule has 2 aromatic heterocycles. The highest BCUT2D eigenvalue weighted by Crippen LogP contribution is 2.37. The van der Waals surface area contributed by atoms with E-state index < -0.39 is 0 Å². The minimum absolute atomic E-state index is 0.0276. The van der Waals surface area contributed by atoms with E-state index in [1.165, 1.54) is 6.42 Å². The molecule has 1 spiro atoms. The molecule has 2 fully saturated rings. The maximum atomic E-state index is 12.7. The molecule has 1 N–H and O–H groups in total. The van der Waals surface area contributed by atoms with Gasteiger partial charge >= 0.3 is 0 Å². The van der Waals surface area contributed by atoms with E-state index in [0.29, 0.717) is 11.1 Å². The third kappa shape index (κ3) is 2.74. The van der Waals surface area contributed by atoms with E-state index in [9.17, 15) is 4.79 Å². The molecule has 23 heavy (non-hydrogen) atoms. The predicted octanol–water partition coefficient (Wildman–Crippen LogP) is 1.48. The zero-order valence-corrected chi connectivity index (χ0v) is 13.1. The van der Waals surface area contributed by atoms with Crippen molar-refractivity contribution >= 4 is 5.91 Å². The van der Waals surface area contributed by atoms with Crippen LogP contribution in [0.15, 0.2) is 36.8 Å². The predicted molar refractivity (Wildman–Crippen MR) is 86.4 cm³/mol. The van der Waals surface area contributed by atoms with E-state index in [4.69, 9.17) is 0 Å². The lowest BCUT2D eigenvalue weighted by Gasteiger charge is -2.38. The highest BCUT2D eigenvalue weighted by molar-refractivity contribution is 5.92. The van der Waals surface area contributed by atoms with Crippen molar-refractivity contribution in [1.82, 2.24) is 25.0 Å². The molecular weight excluding hydrogens is 290 g/mol. The van der Waals surface area contributed by atoms with Crippen LogP contribution in [0.1, 0.15) is 29.8 Å². The summed E-state index contributed by atoms with van der Waals surface area (Å²) in [6.07, 6.45) is 8.68. The van der Waals surface area contributed by atoms with Gasteiger partial charge in [-0.25, -0.2) is 4.68 Å². The summed E-state index contributed by atoms with van der Waals surface area (Å²) in [5.74, 6) is 0.0276. The molecule has 0 bridgehead atoms. The Bertz CT molecular complexity index is 681. The van der Waals surface area contributed by atoms with Crippen molar-refractivity contribution < 1.29 is 4.79 Å². The molecular formula is C17H21N5O. The molecule has 2 aliphatic heterocycles. The van der Waals surface area contributed by atoms with E-state index in [1.54, 1.807) is 17.1 Å². The number of nitrogens with one attached hydrogen (secondary N) is 1. The summed E-state index contributed by atoms with van der Waals surface area (Å²) in [6, 6.07) is 5.54.